The lowest BCUT2D eigenvalue weighted by Crippen LogP contribution is -2.35. The van der Waals surface area contributed by atoms with Crippen LogP contribution in [0.2, 0.25) is 0 Å². The molecule has 3 heteroatoms. The molecule has 0 saturated heterocycles. The van der Waals surface area contributed by atoms with Crippen molar-refractivity contribution in [2.24, 2.45) is 0 Å². The van der Waals surface area contributed by atoms with E-state index in [2.05, 4.69) is 28.1 Å². The number of carbonyl (C=O) groups excluding carboxylic acids is 1. The van der Waals surface area contributed by atoms with Crippen molar-refractivity contribution in [1.29, 1.82) is 0 Å². The highest BCUT2D eigenvalue weighted by Crippen LogP contribution is 2.07. The van der Waals surface area contributed by atoms with E-state index >= 15 is 0 Å². The van der Waals surface area contributed by atoms with Gasteiger partial charge in [-0.25, -0.2) is 0 Å². The van der Waals surface area contributed by atoms with Crippen LogP contribution in [-0.2, 0) is 4.79 Å². The highest BCUT2D eigenvalue weighted by Gasteiger charge is 2.04. The second-order valence-corrected chi connectivity index (χ2v) is 5.23. The van der Waals surface area contributed by atoms with Crippen LogP contribution in [-0.4, -0.2) is 38.6 Å². The zero-order valence-electron chi connectivity index (χ0n) is 11.5. The van der Waals surface area contributed by atoms with Crippen molar-refractivity contribution >= 4 is 6.47 Å². The molecule has 0 unspecified atom stereocenters. The smallest absolute Gasteiger partial charge is 0.0780 e. The summed E-state index contributed by atoms with van der Waals surface area (Å²) < 4.78 is 1.12. The Bertz CT molecular complexity index is 141. The van der Waals surface area contributed by atoms with Gasteiger partial charge in [0.15, 0.2) is 0 Å². The monoisotopic (exact) mass is 231 g/mol. The van der Waals surface area contributed by atoms with Gasteiger partial charge in [-0.05, 0) is 12.8 Å². The number of hydrogen-bond donors (Lipinski definition) is 0. The van der Waals surface area contributed by atoms with Crippen LogP contribution in [0.25, 0.3) is 0 Å². The van der Waals surface area contributed by atoms with Crippen molar-refractivity contribution < 1.29 is 14.4 Å². The largest absolute Gasteiger partial charge is 0.554 e. The summed E-state index contributed by atoms with van der Waals surface area (Å²) in [7, 11) is 6.82. The molecule has 0 fully saturated rings. The van der Waals surface area contributed by atoms with Gasteiger partial charge in [-0.2, -0.15) is 0 Å². The predicted molar refractivity (Wildman–Crippen MR) is 67.0 cm³/mol. The third-order valence-corrected chi connectivity index (χ3v) is 2.43. The molecule has 16 heavy (non-hydrogen) atoms. The maximum Gasteiger partial charge on any atom is 0.0780 e. The van der Waals surface area contributed by atoms with Gasteiger partial charge in [0, 0.05) is 6.47 Å². The van der Waals surface area contributed by atoms with E-state index in [9.17, 15) is 0 Å². The minimum Gasteiger partial charge on any atom is -0.554 e. The fourth-order valence-electron chi connectivity index (χ4n) is 1.54. The fraction of sp³-hybridized carbons (Fsp3) is 0.923. The third-order valence-electron chi connectivity index (χ3n) is 2.43. The zero-order valence-corrected chi connectivity index (χ0v) is 11.5. The maximum atomic E-state index is 8.25. The van der Waals surface area contributed by atoms with Gasteiger partial charge in [-0.3, -0.25) is 0 Å². The number of unbranched alkanes of at least 4 members (excludes halogenated alkanes) is 6. The molecule has 0 aromatic rings. The SMILES string of the molecule is CCCCCCCCC[N+](C)(C)C.O=C[O-]. The second-order valence-electron chi connectivity index (χ2n) is 5.23. The topological polar surface area (TPSA) is 40.1 Å². The first-order valence-corrected chi connectivity index (χ1v) is 6.34. The summed E-state index contributed by atoms with van der Waals surface area (Å²) in [6.07, 6.45) is 9.95. The molecule has 98 valence electrons. The molecule has 0 N–H and O–H groups in total. The molecule has 0 aliphatic heterocycles. The second kappa shape index (κ2) is 12.5. The molecule has 0 atom stereocenters. The summed E-state index contributed by atoms with van der Waals surface area (Å²) in [5, 5.41) is 8.25. The predicted octanol–water partition coefficient (Wildman–Crippen LogP) is 1.81. The van der Waals surface area contributed by atoms with Crippen molar-refractivity contribution in [3.05, 3.63) is 0 Å². The van der Waals surface area contributed by atoms with Crippen LogP contribution in [0, 0.1) is 0 Å². The van der Waals surface area contributed by atoms with Gasteiger partial charge in [-0.15, -0.1) is 0 Å². The van der Waals surface area contributed by atoms with E-state index in [0.717, 1.165) is 4.48 Å². The Kier molecular flexibility index (Phi) is 13.9. The number of carbonyl (C=O) groups is 1. The molecule has 0 bridgehead atoms. The number of hydrogen-bond acceptors (Lipinski definition) is 2. The number of carboxylic acid groups (broad SMARTS) is 1. The van der Waals surface area contributed by atoms with Gasteiger partial charge < -0.3 is 14.4 Å². The van der Waals surface area contributed by atoms with Crippen LogP contribution < -0.4 is 5.11 Å². The molecular formula is C13H29NO2. The van der Waals surface area contributed by atoms with Crippen molar-refractivity contribution in [1.82, 2.24) is 0 Å². The lowest BCUT2D eigenvalue weighted by Gasteiger charge is -2.23. The highest BCUT2D eigenvalue weighted by atomic mass is 16.3. The summed E-state index contributed by atoms with van der Waals surface area (Å²) >= 11 is 0. The fourth-order valence-corrected chi connectivity index (χ4v) is 1.54. The van der Waals surface area contributed by atoms with Gasteiger partial charge in [-0.1, -0.05) is 39.0 Å². The van der Waals surface area contributed by atoms with Crippen molar-refractivity contribution in [3.8, 4) is 0 Å². The van der Waals surface area contributed by atoms with Gasteiger partial charge in [0.2, 0.25) is 0 Å². The van der Waals surface area contributed by atoms with Crippen LogP contribution >= 0.6 is 0 Å². The van der Waals surface area contributed by atoms with E-state index in [4.69, 9.17) is 9.90 Å². The average Bonchev–Trinajstić information content (AvgIpc) is 2.16. The van der Waals surface area contributed by atoms with Gasteiger partial charge in [0.05, 0.1) is 27.7 Å². The molecule has 0 saturated carbocycles. The quantitative estimate of drug-likeness (QED) is 0.363. The van der Waals surface area contributed by atoms with Crippen LogP contribution in [0.5, 0.6) is 0 Å². The Morgan fingerprint density at radius 2 is 1.31 bits per heavy atom. The molecule has 0 aromatic heterocycles. The molecule has 0 heterocycles. The average molecular weight is 231 g/mol. The summed E-state index contributed by atoms with van der Waals surface area (Å²) in [5.41, 5.74) is 0. The Morgan fingerprint density at radius 1 is 0.938 bits per heavy atom. The molecule has 0 aliphatic carbocycles. The maximum absolute atomic E-state index is 8.25. The van der Waals surface area contributed by atoms with E-state index in [0.29, 0.717) is 0 Å². The minimum absolute atomic E-state index is 0.500. The zero-order chi connectivity index (χ0) is 12.9. The van der Waals surface area contributed by atoms with Gasteiger partial charge in [0.25, 0.3) is 0 Å². The first-order chi connectivity index (χ1) is 7.47. The standard InChI is InChI=1S/C12H28N.CH2O2/c1-5-6-7-8-9-10-11-12-13(2,3)4;2-1-3/h5-12H2,1-4H3;1H,(H,2,3)/q+1;/p-1. The summed E-state index contributed by atoms with van der Waals surface area (Å²) in [5.74, 6) is 0. The summed E-state index contributed by atoms with van der Waals surface area (Å²) in [4.78, 5) is 8.25. The number of rotatable bonds is 8. The molecule has 0 aromatic carbocycles. The Labute approximate surface area is 101 Å². The van der Waals surface area contributed by atoms with Crippen molar-refractivity contribution in [3.63, 3.8) is 0 Å². The van der Waals surface area contributed by atoms with Gasteiger partial charge >= 0.3 is 0 Å². The molecule has 3 nitrogen and oxygen atoms in total. The summed E-state index contributed by atoms with van der Waals surface area (Å²) in [6, 6.07) is 0. The van der Waals surface area contributed by atoms with E-state index in [-0.39, 0.29) is 0 Å². The third kappa shape index (κ3) is 23.3. The van der Waals surface area contributed by atoms with Crippen molar-refractivity contribution in [2.45, 2.75) is 51.9 Å². The van der Waals surface area contributed by atoms with Crippen molar-refractivity contribution in [2.75, 3.05) is 27.7 Å². The number of quaternary nitrogens is 1. The Hall–Kier alpha value is -0.570. The van der Waals surface area contributed by atoms with Crippen LogP contribution in [0.1, 0.15) is 51.9 Å². The Balaban J connectivity index is 0. The highest BCUT2D eigenvalue weighted by molar-refractivity contribution is 5.29. The van der Waals surface area contributed by atoms with Gasteiger partial charge in [0.1, 0.15) is 0 Å². The normalized spacial score (nSPS) is 10.5. The van der Waals surface area contributed by atoms with E-state index in [1.165, 1.54) is 51.5 Å². The lowest BCUT2D eigenvalue weighted by atomic mass is 10.1. The first-order valence-electron chi connectivity index (χ1n) is 6.34. The van der Waals surface area contributed by atoms with Crippen LogP contribution in [0.3, 0.4) is 0 Å². The summed E-state index contributed by atoms with van der Waals surface area (Å²) in [6.45, 7) is 3.10. The molecule has 0 spiro atoms. The lowest BCUT2D eigenvalue weighted by molar-refractivity contribution is -0.870. The molecule has 0 aliphatic rings. The molecule has 0 rings (SSSR count). The number of nitrogens with zero attached hydrogens (tertiary/aromatic N) is 1. The van der Waals surface area contributed by atoms with E-state index < -0.39 is 6.47 Å². The van der Waals surface area contributed by atoms with Crippen LogP contribution in [0.15, 0.2) is 0 Å². The molecule has 0 radical (unpaired) electrons. The first kappa shape index (κ1) is 17.8. The minimum atomic E-state index is -0.500. The molecule has 0 amide bonds. The van der Waals surface area contributed by atoms with E-state index in [1.54, 1.807) is 0 Å². The van der Waals surface area contributed by atoms with E-state index in [1.807, 2.05) is 0 Å². The van der Waals surface area contributed by atoms with Crippen LogP contribution in [0.4, 0.5) is 0 Å². The Morgan fingerprint density at radius 3 is 1.69 bits per heavy atom. The molecular weight excluding hydrogens is 202 g/mol.